The topological polar surface area (TPSA) is 71.5 Å². The van der Waals surface area contributed by atoms with Gasteiger partial charge in [-0.15, -0.1) is 11.3 Å². The fourth-order valence-corrected chi connectivity index (χ4v) is 5.21. The van der Waals surface area contributed by atoms with Crippen LogP contribution in [-0.2, 0) is 24.4 Å². The molecular weight excluding hydrogens is 489 g/mol. The van der Waals surface area contributed by atoms with E-state index in [0.717, 1.165) is 28.7 Å². The van der Waals surface area contributed by atoms with Crippen LogP contribution in [-0.4, -0.2) is 28.2 Å². The predicted octanol–water partition coefficient (Wildman–Crippen LogP) is 5.29. The number of ether oxygens (including phenoxy) is 1. The van der Waals surface area contributed by atoms with Crippen LogP contribution in [0.4, 0.5) is 4.39 Å². The summed E-state index contributed by atoms with van der Waals surface area (Å²) in [7, 11) is 0. The third-order valence-corrected chi connectivity index (χ3v) is 7.20. The van der Waals surface area contributed by atoms with E-state index in [4.69, 9.17) is 4.74 Å². The Kier molecular flexibility index (Phi) is 7.28. The molecule has 6 nitrogen and oxygen atoms in total. The monoisotopic (exact) mass is 515 g/mol. The smallest absolute Gasteiger partial charge is 0.271 e. The van der Waals surface area contributed by atoms with Crippen molar-refractivity contribution in [2.45, 2.75) is 32.5 Å². The Labute approximate surface area is 218 Å². The summed E-state index contributed by atoms with van der Waals surface area (Å²) in [5.74, 6) is 0.0584. The largest absolute Gasteiger partial charge is 0.486 e. The van der Waals surface area contributed by atoms with Crippen LogP contribution in [0.3, 0.4) is 0 Å². The fraction of sp³-hybridized carbons (Fsp3) is 0.207. The Morgan fingerprint density at radius 1 is 1.11 bits per heavy atom. The Balaban J connectivity index is 1.29. The van der Waals surface area contributed by atoms with Gasteiger partial charge in [0.2, 0.25) is 5.91 Å². The Hall–Kier alpha value is -4.04. The number of aromatic nitrogens is 1. The van der Waals surface area contributed by atoms with Gasteiger partial charge in [0.1, 0.15) is 28.9 Å². The van der Waals surface area contributed by atoms with E-state index >= 15 is 0 Å². The second-order valence-electron chi connectivity index (χ2n) is 8.86. The minimum Gasteiger partial charge on any atom is -0.486 e. The standard InChI is InChI=1S/C29H26FN3O3S/c1-19(34)33-14-13-21-9-12-24(15-25(21)28(33)22-7-10-23(30)11-8-22)36-17-27-32-26(18-37-27)29(35)31-16-20-5-3-2-4-6-20/h2-12,15,18,28H,13-14,16-17H2,1H3,(H,31,35)/t28-/m0/s1. The highest BCUT2D eigenvalue weighted by molar-refractivity contribution is 7.09. The number of benzene rings is 3. The zero-order valence-electron chi connectivity index (χ0n) is 20.3. The molecule has 37 heavy (non-hydrogen) atoms. The van der Waals surface area contributed by atoms with Crippen molar-refractivity contribution in [3.63, 3.8) is 0 Å². The fourth-order valence-electron chi connectivity index (χ4n) is 4.52. The molecule has 1 aromatic heterocycles. The number of halogens is 1. The van der Waals surface area contributed by atoms with Gasteiger partial charge >= 0.3 is 0 Å². The van der Waals surface area contributed by atoms with Gasteiger partial charge in [0, 0.05) is 25.4 Å². The summed E-state index contributed by atoms with van der Waals surface area (Å²) in [6, 6.07) is 21.5. The summed E-state index contributed by atoms with van der Waals surface area (Å²) >= 11 is 1.37. The second-order valence-corrected chi connectivity index (χ2v) is 9.80. The maximum atomic E-state index is 13.6. The molecule has 0 saturated carbocycles. The van der Waals surface area contributed by atoms with Gasteiger partial charge in [0.05, 0.1) is 6.04 Å². The molecule has 2 amide bonds. The summed E-state index contributed by atoms with van der Waals surface area (Å²) in [6.45, 7) is 2.80. The maximum absolute atomic E-state index is 13.6. The van der Waals surface area contributed by atoms with Gasteiger partial charge in [0.15, 0.2) is 0 Å². The van der Waals surface area contributed by atoms with E-state index in [1.807, 2.05) is 48.5 Å². The molecule has 0 unspecified atom stereocenters. The minimum atomic E-state index is -0.317. The van der Waals surface area contributed by atoms with Crippen LogP contribution in [0.25, 0.3) is 0 Å². The molecular formula is C29H26FN3O3S. The number of fused-ring (bicyclic) bond motifs is 1. The third kappa shape index (κ3) is 5.70. The summed E-state index contributed by atoms with van der Waals surface area (Å²) < 4.78 is 19.6. The Morgan fingerprint density at radius 2 is 1.89 bits per heavy atom. The van der Waals surface area contributed by atoms with Gasteiger partial charge in [-0.05, 0) is 52.9 Å². The molecule has 1 aliphatic rings. The number of hydrogen-bond donors (Lipinski definition) is 1. The molecule has 0 fully saturated rings. The predicted molar refractivity (Wildman–Crippen MR) is 140 cm³/mol. The van der Waals surface area contributed by atoms with Crippen LogP contribution < -0.4 is 10.1 Å². The average Bonchev–Trinajstić information content (AvgIpc) is 3.40. The molecule has 0 bridgehead atoms. The summed E-state index contributed by atoms with van der Waals surface area (Å²) in [5, 5.41) is 5.29. The van der Waals surface area contributed by atoms with Crippen molar-refractivity contribution in [1.29, 1.82) is 0 Å². The van der Waals surface area contributed by atoms with Crippen molar-refractivity contribution in [2.24, 2.45) is 0 Å². The molecule has 8 heteroatoms. The lowest BCUT2D eigenvalue weighted by Gasteiger charge is -2.37. The van der Waals surface area contributed by atoms with E-state index < -0.39 is 0 Å². The van der Waals surface area contributed by atoms with Crippen molar-refractivity contribution in [3.8, 4) is 5.75 Å². The second kappa shape index (κ2) is 10.9. The van der Waals surface area contributed by atoms with Crippen LogP contribution in [0.1, 0.15) is 50.7 Å². The molecule has 1 N–H and O–H groups in total. The maximum Gasteiger partial charge on any atom is 0.271 e. The zero-order chi connectivity index (χ0) is 25.8. The number of thiazole rings is 1. The number of nitrogens with zero attached hydrogens (tertiary/aromatic N) is 2. The van der Waals surface area contributed by atoms with Gasteiger partial charge in [0.25, 0.3) is 5.91 Å². The quantitative estimate of drug-likeness (QED) is 0.363. The van der Waals surface area contributed by atoms with Crippen LogP contribution in [0.2, 0.25) is 0 Å². The Bertz CT molecular complexity index is 1410. The third-order valence-electron chi connectivity index (χ3n) is 6.38. The summed E-state index contributed by atoms with van der Waals surface area (Å²) in [5.41, 5.74) is 4.32. The number of nitrogens with one attached hydrogen (secondary N) is 1. The van der Waals surface area contributed by atoms with E-state index in [9.17, 15) is 14.0 Å². The highest BCUT2D eigenvalue weighted by Crippen LogP contribution is 2.37. The Morgan fingerprint density at radius 3 is 2.65 bits per heavy atom. The lowest BCUT2D eigenvalue weighted by atomic mass is 9.88. The molecule has 0 spiro atoms. The highest BCUT2D eigenvalue weighted by atomic mass is 32.1. The van der Waals surface area contributed by atoms with E-state index in [0.29, 0.717) is 29.5 Å². The van der Waals surface area contributed by atoms with Crippen LogP contribution in [0, 0.1) is 5.82 Å². The van der Waals surface area contributed by atoms with Crippen molar-refractivity contribution in [2.75, 3.05) is 6.54 Å². The van der Waals surface area contributed by atoms with Crippen molar-refractivity contribution in [1.82, 2.24) is 15.2 Å². The van der Waals surface area contributed by atoms with Gasteiger partial charge in [-0.3, -0.25) is 9.59 Å². The highest BCUT2D eigenvalue weighted by Gasteiger charge is 2.31. The lowest BCUT2D eigenvalue weighted by molar-refractivity contribution is -0.130. The van der Waals surface area contributed by atoms with Gasteiger partial charge < -0.3 is 15.0 Å². The molecule has 4 aromatic rings. The summed E-state index contributed by atoms with van der Waals surface area (Å²) in [4.78, 5) is 31.1. The first-order valence-corrected chi connectivity index (χ1v) is 12.9. The van der Waals surface area contributed by atoms with E-state index in [1.54, 1.807) is 29.3 Å². The first-order valence-electron chi connectivity index (χ1n) is 12.0. The van der Waals surface area contributed by atoms with Crippen molar-refractivity contribution in [3.05, 3.63) is 117 Å². The number of hydrogen-bond acceptors (Lipinski definition) is 5. The van der Waals surface area contributed by atoms with Crippen molar-refractivity contribution >= 4 is 23.2 Å². The average molecular weight is 516 g/mol. The van der Waals surface area contributed by atoms with Crippen LogP contribution in [0.5, 0.6) is 5.75 Å². The lowest BCUT2D eigenvalue weighted by Crippen LogP contribution is -2.39. The van der Waals surface area contributed by atoms with Gasteiger partial charge in [-0.1, -0.05) is 48.5 Å². The number of rotatable bonds is 7. The molecule has 2 heterocycles. The normalized spacial score (nSPS) is 14.6. The number of amides is 2. The van der Waals surface area contributed by atoms with Crippen LogP contribution in [0.15, 0.2) is 78.2 Å². The van der Waals surface area contributed by atoms with Crippen LogP contribution >= 0.6 is 11.3 Å². The minimum absolute atomic E-state index is 0.0350. The number of carbonyl (C=O) groups is 2. The SMILES string of the molecule is CC(=O)N1CCc2ccc(OCc3nc(C(=O)NCc4ccccc4)cs3)cc2[C@@H]1c1ccc(F)cc1. The summed E-state index contributed by atoms with van der Waals surface area (Å²) in [6.07, 6.45) is 0.737. The molecule has 0 radical (unpaired) electrons. The molecule has 3 aromatic carbocycles. The molecule has 1 atom stereocenters. The zero-order valence-corrected chi connectivity index (χ0v) is 21.1. The molecule has 0 saturated heterocycles. The molecule has 5 rings (SSSR count). The molecule has 1 aliphatic heterocycles. The first kappa shape index (κ1) is 24.6. The van der Waals surface area contributed by atoms with E-state index in [-0.39, 0.29) is 30.3 Å². The number of carbonyl (C=O) groups excluding carboxylic acids is 2. The molecule has 188 valence electrons. The van der Waals surface area contributed by atoms with Gasteiger partial charge in [-0.25, -0.2) is 9.37 Å². The van der Waals surface area contributed by atoms with E-state index in [2.05, 4.69) is 10.3 Å². The van der Waals surface area contributed by atoms with E-state index in [1.165, 1.54) is 23.5 Å². The van der Waals surface area contributed by atoms with Crippen molar-refractivity contribution < 1.29 is 18.7 Å². The van der Waals surface area contributed by atoms with Gasteiger partial charge in [-0.2, -0.15) is 0 Å². The first-order chi connectivity index (χ1) is 18.0. The molecule has 0 aliphatic carbocycles.